The number of nitrogens with zero attached hydrogens (tertiary/aromatic N) is 1. The minimum atomic E-state index is 0.697. The lowest BCUT2D eigenvalue weighted by Crippen LogP contribution is -2.04. The van der Waals surface area contributed by atoms with Gasteiger partial charge in [-0.1, -0.05) is 12.1 Å². The number of nitrogens with one attached hydrogen (secondary N) is 1. The van der Waals surface area contributed by atoms with Gasteiger partial charge in [-0.25, -0.2) is 0 Å². The maximum atomic E-state index is 5.26. The summed E-state index contributed by atoms with van der Waals surface area (Å²) in [5, 5.41) is 3.43. The van der Waals surface area contributed by atoms with Crippen molar-refractivity contribution in [3.8, 4) is 5.75 Å². The van der Waals surface area contributed by atoms with E-state index in [1.165, 1.54) is 11.1 Å². The number of ether oxygens (including phenoxy) is 1. The summed E-state index contributed by atoms with van der Waals surface area (Å²) in [6.45, 7) is 6.92. The van der Waals surface area contributed by atoms with Gasteiger partial charge in [0, 0.05) is 23.5 Å². The van der Waals surface area contributed by atoms with Gasteiger partial charge in [0.05, 0.1) is 19.3 Å². The molecule has 0 atom stereocenters. The summed E-state index contributed by atoms with van der Waals surface area (Å²) in [6, 6.07) is 10.2. The molecule has 1 aromatic carbocycles. The summed E-state index contributed by atoms with van der Waals surface area (Å²) in [5.41, 5.74) is 5.68. The van der Waals surface area contributed by atoms with Gasteiger partial charge >= 0.3 is 0 Å². The van der Waals surface area contributed by atoms with Crippen LogP contribution in [0.15, 0.2) is 30.3 Å². The first kappa shape index (κ1) is 13.4. The monoisotopic (exact) mass is 256 g/mol. The Morgan fingerprint density at radius 1 is 1.16 bits per heavy atom. The molecule has 3 heteroatoms. The third kappa shape index (κ3) is 3.25. The normalized spacial score (nSPS) is 10.3. The van der Waals surface area contributed by atoms with Gasteiger partial charge in [0.1, 0.15) is 5.75 Å². The lowest BCUT2D eigenvalue weighted by Gasteiger charge is -2.12. The quantitative estimate of drug-likeness (QED) is 0.907. The molecule has 0 unspecified atom stereocenters. The molecule has 2 rings (SSSR count). The maximum absolute atomic E-state index is 5.26. The molecule has 0 aliphatic rings. The van der Waals surface area contributed by atoms with E-state index < -0.39 is 0 Å². The highest BCUT2D eigenvalue weighted by atomic mass is 16.5. The summed E-state index contributed by atoms with van der Waals surface area (Å²) >= 11 is 0. The Bertz CT molecular complexity index is 579. The average molecular weight is 256 g/mol. The molecule has 0 aliphatic carbocycles. The summed E-state index contributed by atoms with van der Waals surface area (Å²) in [4.78, 5) is 4.51. The van der Waals surface area contributed by atoms with Gasteiger partial charge in [-0.2, -0.15) is 0 Å². The van der Waals surface area contributed by atoms with Crippen molar-refractivity contribution in [2.45, 2.75) is 27.3 Å². The molecule has 0 bridgehead atoms. The average Bonchev–Trinajstić information content (AvgIpc) is 2.40. The van der Waals surface area contributed by atoms with Crippen LogP contribution >= 0.6 is 0 Å². The molecule has 19 heavy (non-hydrogen) atoms. The van der Waals surface area contributed by atoms with Crippen molar-refractivity contribution in [1.82, 2.24) is 4.98 Å². The smallest absolute Gasteiger partial charge is 0.122 e. The van der Waals surface area contributed by atoms with Crippen molar-refractivity contribution in [2.24, 2.45) is 0 Å². The third-order valence-corrected chi connectivity index (χ3v) is 3.28. The number of anilines is 1. The SMILES string of the molecule is COc1cc(C)nc(CNc2cccc(C)c2C)c1. The van der Waals surface area contributed by atoms with Gasteiger partial charge in [-0.05, 0) is 38.0 Å². The summed E-state index contributed by atoms with van der Waals surface area (Å²) in [7, 11) is 1.68. The van der Waals surface area contributed by atoms with Crippen LogP contribution in [-0.2, 0) is 6.54 Å². The molecular formula is C16H20N2O. The number of pyridine rings is 1. The lowest BCUT2D eigenvalue weighted by molar-refractivity contribution is 0.413. The van der Waals surface area contributed by atoms with E-state index in [-0.39, 0.29) is 0 Å². The largest absolute Gasteiger partial charge is 0.497 e. The first-order chi connectivity index (χ1) is 9.10. The molecule has 0 saturated carbocycles. The zero-order chi connectivity index (χ0) is 13.8. The number of aromatic nitrogens is 1. The van der Waals surface area contributed by atoms with Crippen LogP contribution in [0.5, 0.6) is 5.75 Å². The van der Waals surface area contributed by atoms with E-state index in [0.29, 0.717) is 6.54 Å². The van der Waals surface area contributed by atoms with Gasteiger partial charge in [0.2, 0.25) is 0 Å². The number of methoxy groups -OCH3 is 1. The second kappa shape index (κ2) is 5.74. The van der Waals surface area contributed by atoms with E-state index in [1.54, 1.807) is 7.11 Å². The van der Waals surface area contributed by atoms with Crippen molar-refractivity contribution in [3.63, 3.8) is 0 Å². The minimum Gasteiger partial charge on any atom is -0.497 e. The van der Waals surface area contributed by atoms with Crippen LogP contribution in [-0.4, -0.2) is 12.1 Å². The minimum absolute atomic E-state index is 0.697. The van der Waals surface area contributed by atoms with E-state index in [2.05, 4.69) is 42.3 Å². The third-order valence-electron chi connectivity index (χ3n) is 3.28. The number of rotatable bonds is 4. The standard InChI is InChI=1S/C16H20N2O/c1-11-6-5-7-16(13(11)3)17-10-14-9-15(19-4)8-12(2)18-14/h5-9,17H,10H2,1-4H3. The lowest BCUT2D eigenvalue weighted by atomic mass is 10.1. The van der Waals surface area contributed by atoms with Crippen LogP contribution in [0.4, 0.5) is 5.69 Å². The molecule has 0 fully saturated rings. The highest BCUT2D eigenvalue weighted by Crippen LogP contribution is 2.19. The van der Waals surface area contributed by atoms with Crippen LogP contribution in [0.1, 0.15) is 22.5 Å². The second-order valence-electron chi connectivity index (χ2n) is 4.74. The van der Waals surface area contributed by atoms with Crippen LogP contribution in [0.3, 0.4) is 0 Å². The van der Waals surface area contributed by atoms with Gasteiger partial charge < -0.3 is 10.1 Å². The van der Waals surface area contributed by atoms with E-state index >= 15 is 0 Å². The molecular weight excluding hydrogens is 236 g/mol. The van der Waals surface area contributed by atoms with Crippen LogP contribution in [0, 0.1) is 20.8 Å². The van der Waals surface area contributed by atoms with Crippen molar-refractivity contribution in [2.75, 3.05) is 12.4 Å². The molecule has 100 valence electrons. The number of hydrogen-bond acceptors (Lipinski definition) is 3. The second-order valence-corrected chi connectivity index (χ2v) is 4.74. The Kier molecular flexibility index (Phi) is 4.05. The Labute approximate surface area is 114 Å². The molecule has 1 N–H and O–H groups in total. The maximum Gasteiger partial charge on any atom is 0.122 e. The zero-order valence-corrected chi connectivity index (χ0v) is 11.9. The summed E-state index contributed by atoms with van der Waals surface area (Å²) in [5.74, 6) is 0.852. The van der Waals surface area contributed by atoms with Gasteiger partial charge in [0.15, 0.2) is 0 Å². The topological polar surface area (TPSA) is 34.1 Å². The molecule has 0 saturated heterocycles. The molecule has 0 aliphatic heterocycles. The Balaban J connectivity index is 2.14. The number of benzene rings is 1. The molecule has 3 nitrogen and oxygen atoms in total. The fourth-order valence-electron chi connectivity index (χ4n) is 2.04. The fraction of sp³-hybridized carbons (Fsp3) is 0.312. The number of hydrogen-bond donors (Lipinski definition) is 1. The first-order valence-corrected chi connectivity index (χ1v) is 6.42. The van der Waals surface area contributed by atoms with Gasteiger partial charge in [0.25, 0.3) is 0 Å². The van der Waals surface area contributed by atoms with Crippen LogP contribution in [0.2, 0.25) is 0 Å². The van der Waals surface area contributed by atoms with E-state index in [0.717, 1.165) is 22.8 Å². The van der Waals surface area contributed by atoms with Crippen LogP contribution in [0.25, 0.3) is 0 Å². The van der Waals surface area contributed by atoms with Crippen molar-refractivity contribution >= 4 is 5.69 Å². The van der Waals surface area contributed by atoms with E-state index in [4.69, 9.17) is 4.74 Å². The predicted molar refractivity (Wildman–Crippen MR) is 78.8 cm³/mol. The van der Waals surface area contributed by atoms with Gasteiger partial charge in [-0.3, -0.25) is 4.98 Å². The Hall–Kier alpha value is -2.03. The summed E-state index contributed by atoms with van der Waals surface area (Å²) in [6.07, 6.45) is 0. The highest BCUT2D eigenvalue weighted by Gasteiger charge is 2.03. The molecule has 1 heterocycles. The van der Waals surface area contributed by atoms with Crippen molar-refractivity contribution < 1.29 is 4.74 Å². The fourth-order valence-corrected chi connectivity index (χ4v) is 2.04. The molecule has 0 spiro atoms. The number of aryl methyl sites for hydroxylation is 2. The molecule has 0 amide bonds. The molecule has 0 radical (unpaired) electrons. The molecule has 1 aromatic heterocycles. The van der Waals surface area contributed by atoms with Gasteiger partial charge in [-0.15, -0.1) is 0 Å². The highest BCUT2D eigenvalue weighted by molar-refractivity contribution is 5.53. The Morgan fingerprint density at radius 2 is 1.95 bits per heavy atom. The van der Waals surface area contributed by atoms with Crippen molar-refractivity contribution in [1.29, 1.82) is 0 Å². The van der Waals surface area contributed by atoms with E-state index in [9.17, 15) is 0 Å². The van der Waals surface area contributed by atoms with E-state index in [1.807, 2.05) is 19.1 Å². The first-order valence-electron chi connectivity index (χ1n) is 6.42. The zero-order valence-electron chi connectivity index (χ0n) is 11.9. The molecule has 2 aromatic rings. The van der Waals surface area contributed by atoms with Crippen LogP contribution < -0.4 is 10.1 Å². The predicted octanol–water partition coefficient (Wildman–Crippen LogP) is 3.63. The Morgan fingerprint density at radius 3 is 2.68 bits per heavy atom. The van der Waals surface area contributed by atoms with Crippen molar-refractivity contribution in [3.05, 3.63) is 52.8 Å². The summed E-state index contributed by atoms with van der Waals surface area (Å²) < 4.78 is 5.26.